The lowest BCUT2D eigenvalue weighted by Crippen LogP contribution is -2.08. The lowest BCUT2D eigenvalue weighted by molar-refractivity contribution is 0.332. The van der Waals surface area contributed by atoms with Crippen molar-refractivity contribution < 1.29 is 17.9 Å². The fourth-order valence-corrected chi connectivity index (χ4v) is 5.24. The Balaban J connectivity index is 2.00. The Hall–Kier alpha value is -2.79. The third-order valence-corrected chi connectivity index (χ3v) is 7.06. The lowest BCUT2D eigenvalue weighted by atomic mass is 9.96. The highest BCUT2D eigenvalue weighted by molar-refractivity contribution is 7.91. The number of hydrogen-bond donors (Lipinski definition) is 0. The molecule has 0 fully saturated rings. The minimum atomic E-state index is -3.37. The maximum atomic E-state index is 12.7. The second-order valence-corrected chi connectivity index (χ2v) is 9.49. The number of sulfone groups is 1. The molecule has 0 aliphatic carbocycles. The van der Waals surface area contributed by atoms with Crippen molar-refractivity contribution in [2.75, 3.05) is 19.0 Å². The Labute approximate surface area is 185 Å². The highest BCUT2D eigenvalue weighted by Gasteiger charge is 2.19. The molecule has 0 atom stereocenters. The number of hydrogen-bond acceptors (Lipinski definition) is 4. The van der Waals surface area contributed by atoms with Crippen molar-refractivity contribution in [3.8, 4) is 11.5 Å². The Kier molecular flexibility index (Phi) is 7.39. The zero-order chi connectivity index (χ0) is 22.4. The number of rotatable bonds is 9. The van der Waals surface area contributed by atoms with Gasteiger partial charge >= 0.3 is 0 Å². The zero-order valence-electron chi connectivity index (χ0n) is 18.6. The summed E-state index contributed by atoms with van der Waals surface area (Å²) in [6.07, 6.45) is 2.55. The Morgan fingerprint density at radius 3 is 2.03 bits per heavy atom. The molecule has 0 heterocycles. The fraction of sp³-hybridized carbons (Fsp3) is 0.308. The van der Waals surface area contributed by atoms with Gasteiger partial charge < -0.3 is 9.47 Å². The second kappa shape index (κ2) is 10.0. The molecule has 0 aromatic heterocycles. The third-order valence-electron chi connectivity index (χ3n) is 5.24. The van der Waals surface area contributed by atoms with Gasteiger partial charge in [0, 0.05) is 16.3 Å². The molecule has 4 nitrogen and oxygen atoms in total. The van der Waals surface area contributed by atoms with Gasteiger partial charge in [-0.05, 0) is 51.8 Å². The molecule has 0 amide bonds. The molecule has 5 heteroatoms. The van der Waals surface area contributed by atoms with Crippen LogP contribution in [0.5, 0.6) is 11.5 Å². The van der Waals surface area contributed by atoms with Crippen molar-refractivity contribution in [2.24, 2.45) is 0 Å². The lowest BCUT2D eigenvalue weighted by Gasteiger charge is -2.20. The number of allylic oxidation sites excluding steroid dienone is 1. The van der Waals surface area contributed by atoms with Crippen molar-refractivity contribution in [1.82, 2.24) is 0 Å². The van der Waals surface area contributed by atoms with Crippen LogP contribution in [0, 0.1) is 6.92 Å². The summed E-state index contributed by atoms with van der Waals surface area (Å²) in [6.45, 7) is 8.97. The maximum Gasteiger partial charge on any atom is 0.182 e. The van der Waals surface area contributed by atoms with Gasteiger partial charge in [-0.15, -0.1) is 0 Å². The number of benzene rings is 3. The van der Waals surface area contributed by atoms with Crippen LogP contribution < -0.4 is 9.47 Å². The highest BCUT2D eigenvalue weighted by atomic mass is 32.2. The fourth-order valence-electron chi connectivity index (χ4n) is 3.78. The van der Waals surface area contributed by atoms with Crippen molar-refractivity contribution in [1.29, 1.82) is 0 Å². The van der Waals surface area contributed by atoms with E-state index in [1.807, 2.05) is 64.1 Å². The van der Waals surface area contributed by atoms with E-state index in [0.29, 0.717) is 24.5 Å². The van der Waals surface area contributed by atoms with Gasteiger partial charge in [0.1, 0.15) is 11.5 Å². The van der Waals surface area contributed by atoms with Crippen LogP contribution in [0.25, 0.3) is 10.8 Å². The summed E-state index contributed by atoms with van der Waals surface area (Å²) in [5.41, 5.74) is 2.86. The van der Waals surface area contributed by atoms with E-state index in [2.05, 4.69) is 0 Å². The predicted molar refractivity (Wildman–Crippen MR) is 127 cm³/mol. The van der Waals surface area contributed by atoms with Gasteiger partial charge in [-0.2, -0.15) is 0 Å². The first kappa shape index (κ1) is 22.9. The van der Waals surface area contributed by atoms with E-state index in [0.717, 1.165) is 39.0 Å². The van der Waals surface area contributed by atoms with Crippen molar-refractivity contribution in [3.05, 3.63) is 77.4 Å². The molecule has 0 aliphatic rings. The van der Waals surface area contributed by atoms with Gasteiger partial charge in [-0.1, -0.05) is 54.1 Å². The smallest absolute Gasteiger partial charge is 0.182 e. The van der Waals surface area contributed by atoms with Crippen molar-refractivity contribution in [3.63, 3.8) is 0 Å². The van der Waals surface area contributed by atoms with Gasteiger partial charge in [0.15, 0.2) is 9.84 Å². The molecule has 31 heavy (non-hydrogen) atoms. The van der Waals surface area contributed by atoms with Crippen molar-refractivity contribution >= 4 is 20.6 Å². The molecular formula is C26H30O4S. The SMILES string of the molecule is CCOc1c(C)c(C/C=C(\C)CS(=O)(=O)c2ccccc2)c(OCC)c2ccccc12. The molecule has 0 spiro atoms. The molecule has 0 unspecified atom stereocenters. The minimum Gasteiger partial charge on any atom is -0.493 e. The second-order valence-electron chi connectivity index (χ2n) is 7.50. The summed E-state index contributed by atoms with van der Waals surface area (Å²) >= 11 is 0. The Morgan fingerprint density at radius 1 is 0.871 bits per heavy atom. The van der Waals surface area contributed by atoms with E-state index in [4.69, 9.17) is 9.47 Å². The molecule has 0 saturated heterocycles. The summed E-state index contributed by atoms with van der Waals surface area (Å²) in [6, 6.07) is 16.7. The van der Waals surface area contributed by atoms with Crippen LogP contribution in [-0.4, -0.2) is 27.4 Å². The van der Waals surface area contributed by atoms with E-state index < -0.39 is 9.84 Å². The van der Waals surface area contributed by atoms with Gasteiger partial charge in [0.05, 0.1) is 23.9 Å². The highest BCUT2D eigenvalue weighted by Crippen LogP contribution is 2.41. The molecule has 0 N–H and O–H groups in total. The topological polar surface area (TPSA) is 52.6 Å². The molecular weight excluding hydrogens is 408 g/mol. The van der Waals surface area contributed by atoms with Crippen LogP contribution in [0.2, 0.25) is 0 Å². The molecule has 0 bridgehead atoms. The van der Waals surface area contributed by atoms with E-state index in [9.17, 15) is 8.42 Å². The number of fused-ring (bicyclic) bond motifs is 1. The first-order valence-electron chi connectivity index (χ1n) is 10.6. The molecule has 0 saturated carbocycles. The standard InChI is InChI=1S/C26H30O4S/c1-5-29-25-20(4)22(26(30-6-2)24-15-11-10-14-23(24)25)17-16-19(3)18-31(27,28)21-12-8-7-9-13-21/h7-16H,5-6,17-18H2,1-4H3/b19-16+. The van der Waals surface area contributed by atoms with Gasteiger partial charge in [0.25, 0.3) is 0 Å². The largest absolute Gasteiger partial charge is 0.493 e. The average molecular weight is 439 g/mol. The monoisotopic (exact) mass is 438 g/mol. The molecule has 164 valence electrons. The van der Waals surface area contributed by atoms with Crippen LogP contribution in [0.1, 0.15) is 31.9 Å². The van der Waals surface area contributed by atoms with Crippen LogP contribution in [0.3, 0.4) is 0 Å². The minimum absolute atomic E-state index is 0.00801. The Morgan fingerprint density at radius 2 is 1.42 bits per heavy atom. The normalized spacial score (nSPS) is 12.2. The van der Waals surface area contributed by atoms with Gasteiger partial charge in [-0.25, -0.2) is 8.42 Å². The van der Waals surface area contributed by atoms with E-state index in [1.165, 1.54) is 0 Å². The van der Waals surface area contributed by atoms with Crippen LogP contribution in [-0.2, 0) is 16.3 Å². The number of ether oxygens (including phenoxy) is 2. The molecule has 3 aromatic carbocycles. The third kappa shape index (κ3) is 5.10. The summed E-state index contributed by atoms with van der Waals surface area (Å²) < 4.78 is 37.5. The molecule has 0 radical (unpaired) electrons. The predicted octanol–water partition coefficient (Wildman–Crippen LogP) is 5.91. The van der Waals surface area contributed by atoms with Crippen LogP contribution >= 0.6 is 0 Å². The van der Waals surface area contributed by atoms with E-state index >= 15 is 0 Å². The summed E-state index contributed by atoms with van der Waals surface area (Å²) in [5.74, 6) is 1.69. The summed E-state index contributed by atoms with van der Waals surface area (Å²) in [4.78, 5) is 0.346. The van der Waals surface area contributed by atoms with Gasteiger partial charge in [0.2, 0.25) is 0 Å². The maximum absolute atomic E-state index is 12.7. The Bertz CT molecular complexity index is 1180. The van der Waals surface area contributed by atoms with E-state index in [1.54, 1.807) is 24.3 Å². The van der Waals surface area contributed by atoms with E-state index in [-0.39, 0.29) is 5.75 Å². The van der Waals surface area contributed by atoms with Gasteiger partial charge in [-0.3, -0.25) is 0 Å². The zero-order valence-corrected chi connectivity index (χ0v) is 19.5. The molecule has 0 aliphatic heterocycles. The summed E-state index contributed by atoms with van der Waals surface area (Å²) in [7, 11) is -3.37. The average Bonchev–Trinajstić information content (AvgIpc) is 2.76. The first-order valence-corrected chi connectivity index (χ1v) is 12.3. The van der Waals surface area contributed by atoms with Crippen LogP contribution in [0.15, 0.2) is 71.1 Å². The molecule has 3 rings (SSSR count). The molecule has 3 aromatic rings. The van der Waals surface area contributed by atoms with Crippen LogP contribution in [0.4, 0.5) is 0 Å². The summed E-state index contributed by atoms with van der Waals surface area (Å²) in [5, 5.41) is 2.04. The quantitative estimate of drug-likeness (QED) is 0.390. The first-order chi connectivity index (χ1) is 14.9. The van der Waals surface area contributed by atoms with Crippen molar-refractivity contribution in [2.45, 2.75) is 39.0 Å².